The van der Waals surface area contributed by atoms with Crippen LogP contribution in [0.15, 0.2) is 47.5 Å². The summed E-state index contributed by atoms with van der Waals surface area (Å²) < 4.78 is 31.9. The molecule has 1 aromatic carbocycles. The third-order valence-corrected chi connectivity index (χ3v) is 10.7. The molecule has 1 unspecified atom stereocenters. The van der Waals surface area contributed by atoms with Crippen LogP contribution in [0.3, 0.4) is 0 Å². The minimum Gasteiger partial charge on any atom is -0.478 e. The molecule has 1 amide bonds. The number of pyridine rings is 1. The molecule has 2 aromatic rings. The smallest absolute Gasteiger partial charge is 0.337 e. The number of amides is 1. The van der Waals surface area contributed by atoms with Crippen LogP contribution in [-0.2, 0) is 19.4 Å². The highest BCUT2D eigenvalue weighted by atomic mass is 32.2. The van der Waals surface area contributed by atoms with E-state index >= 15 is 0 Å². The average molecular weight is 511 g/mol. The summed E-state index contributed by atoms with van der Waals surface area (Å²) in [4.78, 5) is 28.9. The molecule has 1 aromatic heterocycles. The largest absolute Gasteiger partial charge is 0.478 e. The van der Waals surface area contributed by atoms with E-state index in [-0.39, 0.29) is 27.6 Å². The average Bonchev–Trinajstić information content (AvgIpc) is 3.70. The molecule has 2 N–H and O–H groups in total. The number of nitrogens with one attached hydrogen (secondary N) is 1. The minimum atomic E-state index is -3.33. The SMILES string of the molecule is O=C(O)c1ccc(NC(=O)C(OC2C3CC4CC(C3)CC2C4)c2ccc(S(=O)(=O)C3CC3)cc2)nc1. The van der Waals surface area contributed by atoms with Gasteiger partial charge in [-0.3, -0.25) is 4.79 Å². The van der Waals surface area contributed by atoms with E-state index in [2.05, 4.69) is 10.3 Å². The number of ether oxygens (including phenoxy) is 1. The van der Waals surface area contributed by atoms with Crippen LogP contribution in [0.5, 0.6) is 0 Å². The second kappa shape index (κ2) is 8.95. The molecule has 1 heterocycles. The number of benzene rings is 1. The molecule has 5 fully saturated rings. The van der Waals surface area contributed by atoms with Crippen LogP contribution in [0.1, 0.15) is 67.0 Å². The van der Waals surface area contributed by atoms with Crippen molar-refractivity contribution in [1.29, 1.82) is 0 Å². The molecule has 5 saturated carbocycles. The lowest BCUT2D eigenvalue weighted by atomic mass is 9.55. The van der Waals surface area contributed by atoms with Gasteiger partial charge in [-0.15, -0.1) is 0 Å². The van der Waals surface area contributed by atoms with Gasteiger partial charge in [0.15, 0.2) is 15.9 Å². The fourth-order valence-corrected chi connectivity index (χ4v) is 8.39. The van der Waals surface area contributed by atoms with Gasteiger partial charge in [0.2, 0.25) is 0 Å². The number of carbonyl (C=O) groups is 2. The van der Waals surface area contributed by atoms with E-state index in [0.29, 0.717) is 30.2 Å². The van der Waals surface area contributed by atoms with Crippen LogP contribution in [0.25, 0.3) is 0 Å². The number of hydrogen-bond donors (Lipinski definition) is 2. The van der Waals surface area contributed by atoms with Crippen molar-refractivity contribution in [2.24, 2.45) is 23.7 Å². The van der Waals surface area contributed by atoms with E-state index in [1.165, 1.54) is 24.8 Å². The molecule has 4 bridgehead atoms. The number of carbonyl (C=O) groups excluding carboxylic acids is 1. The lowest BCUT2D eigenvalue weighted by molar-refractivity contribution is -0.163. The second-order valence-electron chi connectivity index (χ2n) is 11.0. The van der Waals surface area contributed by atoms with Gasteiger partial charge in [-0.2, -0.15) is 0 Å². The molecule has 36 heavy (non-hydrogen) atoms. The maximum Gasteiger partial charge on any atom is 0.337 e. The Morgan fingerprint density at radius 2 is 1.58 bits per heavy atom. The number of rotatable bonds is 8. The maximum absolute atomic E-state index is 13.5. The van der Waals surface area contributed by atoms with E-state index in [9.17, 15) is 18.0 Å². The van der Waals surface area contributed by atoms with Crippen LogP contribution >= 0.6 is 0 Å². The lowest BCUT2D eigenvalue weighted by Crippen LogP contribution is -2.50. The summed E-state index contributed by atoms with van der Waals surface area (Å²) in [5, 5.41) is 11.6. The molecule has 7 rings (SSSR count). The van der Waals surface area contributed by atoms with Crippen molar-refractivity contribution >= 4 is 27.5 Å². The van der Waals surface area contributed by atoms with Crippen molar-refractivity contribution in [2.45, 2.75) is 67.3 Å². The number of hydrogen-bond acceptors (Lipinski definition) is 6. The number of carboxylic acid groups (broad SMARTS) is 1. The van der Waals surface area contributed by atoms with Gasteiger partial charge in [0.25, 0.3) is 5.91 Å². The predicted molar refractivity (Wildman–Crippen MR) is 131 cm³/mol. The van der Waals surface area contributed by atoms with Gasteiger partial charge in [0, 0.05) is 6.20 Å². The van der Waals surface area contributed by atoms with Crippen LogP contribution < -0.4 is 5.32 Å². The molecule has 9 heteroatoms. The first-order chi connectivity index (χ1) is 17.3. The fraction of sp³-hybridized carbons (Fsp3) is 0.519. The van der Waals surface area contributed by atoms with Gasteiger partial charge in [0.05, 0.1) is 21.8 Å². The summed E-state index contributed by atoms with van der Waals surface area (Å²) in [5.74, 6) is 1.16. The van der Waals surface area contributed by atoms with E-state index in [0.717, 1.165) is 37.5 Å². The molecule has 0 spiro atoms. The van der Waals surface area contributed by atoms with Crippen LogP contribution in [0, 0.1) is 23.7 Å². The first kappa shape index (κ1) is 23.6. The first-order valence-electron chi connectivity index (χ1n) is 12.8. The highest BCUT2D eigenvalue weighted by Crippen LogP contribution is 2.55. The number of nitrogens with zero attached hydrogens (tertiary/aromatic N) is 1. The van der Waals surface area contributed by atoms with E-state index < -0.39 is 27.8 Å². The second-order valence-corrected chi connectivity index (χ2v) is 13.2. The number of aromatic carboxylic acids is 1. The van der Waals surface area contributed by atoms with Crippen LogP contribution in [0.4, 0.5) is 5.82 Å². The molecular weight excluding hydrogens is 480 g/mol. The zero-order valence-corrected chi connectivity index (χ0v) is 20.7. The van der Waals surface area contributed by atoms with Gasteiger partial charge < -0.3 is 15.2 Å². The first-order valence-corrected chi connectivity index (χ1v) is 14.3. The Hall–Kier alpha value is -2.78. The number of carboxylic acids is 1. The fourth-order valence-electron chi connectivity index (χ4n) is 6.74. The van der Waals surface area contributed by atoms with Crippen molar-refractivity contribution < 1.29 is 27.9 Å². The number of anilines is 1. The highest BCUT2D eigenvalue weighted by molar-refractivity contribution is 7.92. The third-order valence-electron chi connectivity index (χ3n) is 8.41. The predicted octanol–water partition coefficient (Wildman–Crippen LogP) is 4.24. The zero-order chi connectivity index (χ0) is 25.0. The van der Waals surface area contributed by atoms with Gasteiger partial charge >= 0.3 is 5.97 Å². The Bertz CT molecular complexity index is 1240. The summed E-state index contributed by atoms with van der Waals surface area (Å²) in [7, 11) is -3.33. The van der Waals surface area contributed by atoms with Gasteiger partial charge in [-0.25, -0.2) is 18.2 Å². The van der Waals surface area contributed by atoms with E-state index in [1.807, 2.05) is 0 Å². The Morgan fingerprint density at radius 1 is 0.944 bits per heavy atom. The monoisotopic (exact) mass is 510 g/mol. The Balaban J connectivity index is 1.26. The van der Waals surface area contributed by atoms with Crippen molar-refractivity contribution in [2.75, 3.05) is 5.32 Å². The molecule has 5 aliphatic rings. The minimum absolute atomic E-state index is 0.00855. The maximum atomic E-state index is 13.5. The van der Waals surface area contributed by atoms with E-state index in [4.69, 9.17) is 9.84 Å². The Morgan fingerprint density at radius 3 is 2.11 bits per heavy atom. The Kier molecular flexibility index (Phi) is 5.87. The molecule has 1 atom stereocenters. The van der Waals surface area contributed by atoms with Crippen molar-refractivity contribution in [1.82, 2.24) is 4.98 Å². The topological polar surface area (TPSA) is 123 Å². The normalized spacial score (nSPS) is 29.6. The summed E-state index contributed by atoms with van der Waals surface area (Å²) >= 11 is 0. The van der Waals surface area contributed by atoms with Crippen LogP contribution in [-0.4, -0.2) is 41.7 Å². The standard InChI is InChI=1S/C27H30N2O6S/c30-26(29-23-8-3-18(14-28-23)27(31)32)25(17-1-4-21(5-2-17)36(33,34)22-6-7-22)35-24-19-10-15-9-16(12-19)13-20(24)11-15/h1-5,8,14-16,19-20,22,24-25H,6-7,9-13H2,(H,31,32)(H,28,29,30). The van der Waals surface area contributed by atoms with E-state index in [1.54, 1.807) is 24.3 Å². The summed E-state index contributed by atoms with van der Waals surface area (Å²) in [6.07, 6.45) is 7.53. The quantitative estimate of drug-likeness (QED) is 0.545. The molecule has 0 aliphatic heterocycles. The summed E-state index contributed by atoms with van der Waals surface area (Å²) in [5.41, 5.74) is 0.625. The highest BCUT2D eigenvalue weighted by Gasteiger charge is 2.50. The molecule has 190 valence electrons. The molecular formula is C27H30N2O6S. The van der Waals surface area contributed by atoms with Gasteiger partial charge in [-0.05, 0) is 98.4 Å². The van der Waals surface area contributed by atoms with Crippen molar-refractivity contribution in [3.05, 3.63) is 53.7 Å². The zero-order valence-electron chi connectivity index (χ0n) is 19.9. The van der Waals surface area contributed by atoms with Crippen molar-refractivity contribution in [3.8, 4) is 0 Å². The number of sulfone groups is 1. The molecule has 0 radical (unpaired) electrons. The third kappa shape index (κ3) is 4.43. The van der Waals surface area contributed by atoms with Gasteiger partial charge in [-0.1, -0.05) is 12.1 Å². The summed E-state index contributed by atoms with van der Waals surface area (Å²) in [6.45, 7) is 0. The van der Waals surface area contributed by atoms with Crippen molar-refractivity contribution in [3.63, 3.8) is 0 Å². The van der Waals surface area contributed by atoms with Crippen LogP contribution in [0.2, 0.25) is 0 Å². The lowest BCUT2D eigenvalue weighted by Gasteiger charge is -2.54. The molecule has 5 aliphatic carbocycles. The molecule has 0 saturated heterocycles. The van der Waals surface area contributed by atoms with Gasteiger partial charge in [0.1, 0.15) is 5.82 Å². The number of aromatic nitrogens is 1. The summed E-state index contributed by atoms with van der Waals surface area (Å²) in [6, 6.07) is 9.34. The molecule has 8 nitrogen and oxygen atoms in total. The Labute approximate surface area is 210 Å².